The SMILES string of the molecule is C=CCN=c1sc(-c2ccccc2)c(SC)n1S(=O)(=O)c1ccc(C)cc1. The zero-order valence-corrected chi connectivity index (χ0v) is 17.6. The second kappa shape index (κ2) is 8.29. The lowest BCUT2D eigenvalue weighted by Crippen LogP contribution is -2.25. The van der Waals surface area contributed by atoms with Gasteiger partial charge in [-0.1, -0.05) is 65.4 Å². The molecule has 0 aliphatic rings. The average molecular weight is 417 g/mol. The number of benzene rings is 2. The van der Waals surface area contributed by atoms with Gasteiger partial charge in [-0.3, -0.25) is 4.99 Å². The largest absolute Gasteiger partial charge is 0.270 e. The summed E-state index contributed by atoms with van der Waals surface area (Å²) in [6.45, 7) is 5.97. The molecule has 3 rings (SSSR count). The van der Waals surface area contributed by atoms with Crippen LogP contribution in [0.5, 0.6) is 0 Å². The van der Waals surface area contributed by atoms with Gasteiger partial charge in [0.05, 0.1) is 16.3 Å². The lowest BCUT2D eigenvalue weighted by Gasteiger charge is -2.10. The predicted octanol–water partition coefficient (Wildman–Crippen LogP) is 4.57. The smallest absolute Gasteiger partial charge is 0.254 e. The summed E-state index contributed by atoms with van der Waals surface area (Å²) in [6.07, 6.45) is 3.54. The summed E-state index contributed by atoms with van der Waals surface area (Å²) in [6, 6.07) is 16.7. The van der Waals surface area contributed by atoms with Crippen LogP contribution in [0.1, 0.15) is 5.56 Å². The maximum Gasteiger partial charge on any atom is 0.270 e. The Bertz CT molecular complexity index is 1110. The number of thiazole rings is 1. The van der Waals surface area contributed by atoms with Gasteiger partial charge in [0.2, 0.25) is 4.80 Å². The second-order valence-corrected chi connectivity index (χ2v) is 9.36. The predicted molar refractivity (Wildman–Crippen MR) is 114 cm³/mol. The molecule has 0 atom stereocenters. The standard InChI is InChI=1S/C20H20N2O2S3/c1-4-14-21-20-22(27(23,24)17-12-10-15(2)11-13-17)19(25-3)18(26-20)16-8-6-5-7-9-16/h4-13H,1,14H2,2-3H3. The van der Waals surface area contributed by atoms with Crippen molar-refractivity contribution in [2.24, 2.45) is 4.99 Å². The summed E-state index contributed by atoms with van der Waals surface area (Å²) in [4.78, 5) is 6.04. The fourth-order valence-corrected chi connectivity index (χ4v) is 6.73. The molecule has 0 saturated heterocycles. The van der Waals surface area contributed by atoms with Crippen molar-refractivity contribution in [1.82, 2.24) is 3.97 Å². The molecule has 0 unspecified atom stereocenters. The fraction of sp³-hybridized carbons (Fsp3) is 0.150. The van der Waals surface area contributed by atoms with E-state index >= 15 is 0 Å². The second-order valence-electron chi connectivity index (χ2n) is 5.80. The van der Waals surface area contributed by atoms with Gasteiger partial charge in [0.25, 0.3) is 10.0 Å². The highest BCUT2D eigenvalue weighted by Gasteiger charge is 2.25. The maximum absolute atomic E-state index is 13.4. The topological polar surface area (TPSA) is 51.4 Å². The molecule has 0 radical (unpaired) electrons. The molecule has 140 valence electrons. The molecule has 0 bridgehead atoms. The molecule has 1 aromatic heterocycles. The lowest BCUT2D eigenvalue weighted by atomic mass is 10.2. The van der Waals surface area contributed by atoms with E-state index in [2.05, 4.69) is 11.6 Å². The maximum atomic E-state index is 13.4. The van der Waals surface area contributed by atoms with Crippen molar-refractivity contribution >= 4 is 33.1 Å². The Labute approximate surface area is 168 Å². The van der Waals surface area contributed by atoms with Gasteiger partial charge in [-0.2, -0.15) is 0 Å². The molecule has 0 aliphatic carbocycles. The minimum absolute atomic E-state index is 0.251. The molecule has 0 saturated carbocycles. The molecule has 7 heteroatoms. The van der Waals surface area contributed by atoms with Gasteiger partial charge >= 0.3 is 0 Å². The number of hydrogen-bond donors (Lipinski definition) is 0. The number of aromatic nitrogens is 1. The summed E-state index contributed by atoms with van der Waals surface area (Å²) >= 11 is 2.78. The number of hydrogen-bond acceptors (Lipinski definition) is 5. The van der Waals surface area contributed by atoms with Gasteiger partial charge < -0.3 is 0 Å². The molecular weight excluding hydrogens is 396 g/mol. The average Bonchev–Trinajstić information content (AvgIpc) is 3.06. The number of nitrogens with zero attached hydrogens (tertiary/aromatic N) is 2. The number of aryl methyl sites for hydroxylation is 1. The molecular formula is C20H20N2O2S3. The Morgan fingerprint density at radius 2 is 1.81 bits per heavy atom. The van der Waals surface area contributed by atoms with Gasteiger partial charge in [-0.05, 0) is 30.9 Å². The molecule has 1 heterocycles. The summed E-state index contributed by atoms with van der Waals surface area (Å²) in [5.74, 6) is 0. The molecule has 0 spiro atoms. The van der Waals surface area contributed by atoms with Crippen LogP contribution in [-0.4, -0.2) is 25.2 Å². The van der Waals surface area contributed by atoms with Crippen LogP contribution in [0.25, 0.3) is 10.4 Å². The summed E-state index contributed by atoms with van der Waals surface area (Å²) in [7, 11) is -3.77. The van der Waals surface area contributed by atoms with Crippen molar-refractivity contribution in [2.45, 2.75) is 16.8 Å². The van der Waals surface area contributed by atoms with Gasteiger partial charge in [-0.25, -0.2) is 12.4 Å². The van der Waals surface area contributed by atoms with Crippen LogP contribution in [0, 0.1) is 6.92 Å². The van der Waals surface area contributed by atoms with E-state index in [1.54, 1.807) is 30.3 Å². The van der Waals surface area contributed by atoms with Crippen LogP contribution in [0.15, 0.2) is 82.2 Å². The van der Waals surface area contributed by atoms with Gasteiger partial charge in [0.15, 0.2) is 0 Å². The van der Waals surface area contributed by atoms with Crippen LogP contribution >= 0.6 is 23.1 Å². The fourth-order valence-electron chi connectivity index (χ4n) is 2.57. The summed E-state index contributed by atoms with van der Waals surface area (Å²) in [5, 5.41) is 0.662. The lowest BCUT2D eigenvalue weighted by molar-refractivity contribution is 0.581. The van der Waals surface area contributed by atoms with Crippen LogP contribution in [0.3, 0.4) is 0 Å². The molecule has 27 heavy (non-hydrogen) atoms. The van der Waals surface area contributed by atoms with Crippen molar-refractivity contribution in [1.29, 1.82) is 0 Å². The highest BCUT2D eigenvalue weighted by atomic mass is 32.2. The summed E-state index contributed by atoms with van der Waals surface area (Å²) < 4.78 is 28.2. The van der Waals surface area contributed by atoms with Crippen LogP contribution in [0.2, 0.25) is 0 Å². The van der Waals surface area contributed by atoms with E-state index in [0.29, 0.717) is 16.4 Å². The Kier molecular flexibility index (Phi) is 6.04. The van der Waals surface area contributed by atoms with E-state index in [4.69, 9.17) is 0 Å². The van der Waals surface area contributed by atoms with Crippen molar-refractivity contribution in [3.8, 4) is 10.4 Å². The molecule has 2 aromatic carbocycles. The minimum Gasteiger partial charge on any atom is -0.254 e. The zero-order valence-electron chi connectivity index (χ0n) is 15.1. The zero-order chi connectivity index (χ0) is 19.4. The molecule has 3 aromatic rings. The normalized spacial score (nSPS) is 12.3. The van der Waals surface area contributed by atoms with Crippen molar-refractivity contribution in [2.75, 3.05) is 12.8 Å². The van der Waals surface area contributed by atoms with Gasteiger partial charge in [0, 0.05) is 0 Å². The van der Waals surface area contributed by atoms with Crippen LogP contribution < -0.4 is 4.80 Å². The van der Waals surface area contributed by atoms with Crippen molar-refractivity contribution < 1.29 is 8.42 Å². The third-order valence-electron chi connectivity index (χ3n) is 3.89. The summed E-state index contributed by atoms with van der Waals surface area (Å²) in [5.41, 5.74) is 1.98. The molecule has 0 aliphatic heterocycles. The number of rotatable bonds is 6. The first kappa shape index (κ1) is 19.7. The number of thioether (sulfide) groups is 1. The highest BCUT2D eigenvalue weighted by Crippen LogP contribution is 2.34. The van der Waals surface area contributed by atoms with E-state index in [9.17, 15) is 8.42 Å². The first-order valence-electron chi connectivity index (χ1n) is 8.28. The Morgan fingerprint density at radius 3 is 2.41 bits per heavy atom. The molecule has 4 nitrogen and oxygen atoms in total. The third kappa shape index (κ3) is 3.95. The van der Waals surface area contributed by atoms with E-state index < -0.39 is 10.0 Å². The first-order chi connectivity index (χ1) is 13.0. The molecule has 0 fully saturated rings. The minimum atomic E-state index is -3.77. The first-order valence-corrected chi connectivity index (χ1v) is 11.8. The van der Waals surface area contributed by atoms with Crippen LogP contribution in [0.4, 0.5) is 0 Å². The monoisotopic (exact) mass is 416 g/mol. The quantitative estimate of drug-likeness (QED) is 0.437. The van der Waals surface area contributed by atoms with Gasteiger partial charge in [0.1, 0.15) is 5.03 Å². The third-order valence-corrected chi connectivity index (χ3v) is 7.86. The Morgan fingerprint density at radius 1 is 1.15 bits per heavy atom. The van der Waals surface area contributed by atoms with E-state index in [0.717, 1.165) is 16.0 Å². The van der Waals surface area contributed by atoms with E-state index in [1.165, 1.54) is 27.1 Å². The molecule has 0 N–H and O–H groups in total. The van der Waals surface area contributed by atoms with Crippen molar-refractivity contribution in [3.05, 3.63) is 77.6 Å². The van der Waals surface area contributed by atoms with Crippen LogP contribution in [-0.2, 0) is 10.0 Å². The Hall–Kier alpha value is -2.09. The van der Waals surface area contributed by atoms with Crippen molar-refractivity contribution in [3.63, 3.8) is 0 Å². The van der Waals surface area contributed by atoms with E-state index in [1.807, 2.05) is 43.5 Å². The van der Waals surface area contributed by atoms with Gasteiger partial charge in [-0.15, -0.1) is 18.3 Å². The molecule has 0 amide bonds. The van der Waals surface area contributed by atoms with E-state index in [-0.39, 0.29) is 4.90 Å². The highest BCUT2D eigenvalue weighted by molar-refractivity contribution is 7.99. The Balaban J connectivity index is 2.32.